The second-order valence-corrected chi connectivity index (χ2v) is 3.87. The van der Waals surface area contributed by atoms with E-state index in [2.05, 4.69) is 15.9 Å². The zero-order valence-corrected chi connectivity index (χ0v) is 9.96. The van der Waals surface area contributed by atoms with Crippen LogP contribution >= 0.6 is 15.9 Å². The van der Waals surface area contributed by atoms with Crippen LogP contribution in [0.5, 0.6) is 5.75 Å². The number of hydrogen-bond acceptors (Lipinski definition) is 2. The number of methoxy groups -OCH3 is 1. The Labute approximate surface area is 91.8 Å². The highest BCUT2D eigenvalue weighted by Crippen LogP contribution is 2.29. The van der Waals surface area contributed by atoms with E-state index in [9.17, 15) is 4.79 Å². The van der Waals surface area contributed by atoms with E-state index in [-0.39, 0.29) is 5.91 Å². The number of hydrogen-bond donors (Lipinski definition) is 0. The fraction of sp³-hybridized carbons (Fsp3) is 0.300. The summed E-state index contributed by atoms with van der Waals surface area (Å²) in [5.41, 5.74) is 0.562. The minimum absolute atomic E-state index is 0.0665. The molecule has 0 saturated carbocycles. The SMILES string of the molecule is COc1c(Br)cccc1C(=O)N(C)C. The first-order valence-corrected chi connectivity index (χ1v) is 4.91. The molecule has 0 N–H and O–H groups in total. The Morgan fingerprint density at radius 3 is 2.57 bits per heavy atom. The van der Waals surface area contributed by atoms with Crippen molar-refractivity contribution in [2.45, 2.75) is 0 Å². The number of amides is 1. The summed E-state index contributed by atoms with van der Waals surface area (Å²) < 4.78 is 5.94. The van der Waals surface area contributed by atoms with Gasteiger partial charge in [-0.1, -0.05) is 6.07 Å². The Morgan fingerprint density at radius 1 is 1.43 bits per heavy atom. The molecule has 0 spiro atoms. The lowest BCUT2D eigenvalue weighted by molar-refractivity contribution is 0.0824. The topological polar surface area (TPSA) is 29.5 Å². The van der Waals surface area contributed by atoms with Crippen LogP contribution in [0.3, 0.4) is 0 Å². The van der Waals surface area contributed by atoms with E-state index in [0.717, 1.165) is 4.47 Å². The van der Waals surface area contributed by atoms with Gasteiger partial charge in [0.1, 0.15) is 5.75 Å². The number of halogens is 1. The van der Waals surface area contributed by atoms with Gasteiger partial charge in [-0.2, -0.15) is 0 Å². The van der Waals surface area contributed by atoms with Crippen LogP contribution in [-0.2, 0) is 0 Å². The first kappa shape index (κ1) is 11.0. The largest absolute Gasteiger partial charge is 0.495 e. The summed E-state index contributed by atoms with van der Waals surface area (Å²) in [4.78, 5) is 13.2. The van der Waals surface area contributed by atoms with E-state index in [1.165, 1.54) is 4.90 Å². The van der Waals surface area contributed by atoms with Crippen LogP contribution in [-0.4, -0.2) is 32.0 Å². The standard InChI is InChI=1S/C10H12BrNO2/c1-12(2)10(13)7-5-4-6-8(11)9(7)14-3/h4-6H,1-3H3. The summed E-state index contributed by atoms with van der Waals surface area (Å²) in [5, 5.41) is 0. The van der Waals surface area contributed by atoms with Gasteiger partial charge in [0.15, 0.2) is 0 Å². The van der Waals surface area contributed by atoms with Gasteiger partial charge >= 0.3 is 0 Å². The van der Waals surface area contributed by atoms with Crippen LogP contribution < -0.4 is 4.74 Å². The number of carbonyl (C=O) groups excluding carboxylic acids is 1. The molecule has 1 aromatic carbocycles. The molecule has 0 fully saturated rings. The number of nitrogens with zero attached hydrogens (tertiary/aromatic N) is 1. The minimum atomic E-state index is -0.0665. The average molecular weight is 258 g/mol. The highest BCUT2D eigenvalue weighted by atomic mass is 79.9. The lowest BCUT2D eigenvalue weighted by Gasteiger charge is -2.14. The molecule has 14 heavy (non-hydrogen) atoms. The Bertz CT molecular complexity index is 350. The van der Waals surface area contributed by atoms with E-state index in [1.807, 2.05) is 12.1 Å². The van der Waals surface area contributed by atoms with Gasteiger partial charge in [0.05, 0.1) is 17.1 Å². The molecular weight excluding hydrogens is 246 g/mol. The number of rotatable bonds is 2. The van der Waals surface area contributed by atoms with Crippen LogP contribution in [0.4, 0.5) is 0 Å². The molecule has 0 aromatic heterocycles. The summed E-state index contributed by atoms with van der Waals surface area (Å²) in [6, 6.07) is 5.39. The quantitative estimate of drug-likeness (QED) is 0.813. The van der Waals surface area contributed by atoms with Gasteiger partial charge in [0.25, 0.3) is 5.91 Å². The predicted molar refractivity (Wildman–Crippen MR) is 58.7 cm³/mol. The molecule has 76 valence electrons. The molecule has 0 unspecified atom stereocenters. The van der Waals surface area contributed by atoms with Crippen molar-refractivity contribution in [3.05, 3.63) is 28.2 Å². The molecule has 0 heterocycles. The van der Waals surface area contributed by atoms with E-state index < -0.39 is 0 Å². The molecule has 0 saturated heterocycles. The molecule has 0 radical (unpaired) electrons. The van der Waals surface area contributed by atoms with Crippen LogP contribution in [0.2, 0.25) is 0 Å². The number of benzene rings is 1. The summed E-state index contributed by atoms with van der Waals surface area (Å²) in [5.74, 6) is 0.509. The van der Waals surface area contributed by atoms with Crippen LogP contribution in [0.15, 0.2) is 22.7 Å². The number of para-hydroxylation sites is 1. The first-order valence-electron chi connectivity index (χ1n) is 4.12. The van der Waals surface area contributed by atoms with Crippen molar-refractivity contribution >= 4 is 21.8 Å². The maximum absolute atomic E-state index is 11.7. The fourth-order valence-corrected chi connectivity index (χ4v) is 1.65. The van der Waals surface area contributed by atoms with Gasteiger partial charge in [-0.3, -0.25) is 4.79 Å². The Kier molecular flexibility index (Phi) is 3.52. The summed E-state index contributed by atoms with van der Waals surface area (Å²) >= 11 is 3.33. The van der Waals surface area contributed by atoms with Gasteiger partial charge in [0.2, 0.25) is 0 Å². The normalized spacial score (nSPS) is 9.71. The van der Waals surface area contributed by atoms with Crippen molar-refractivity contribution in [3.8, 4) is 5.75 Å². The minimum Gasteiger partial charge on any atom is -0.495 e. The zero-order valence-electron chi connectivity index (χ0n) is 8.37. The summed E-state index contributed by atoms with van der Waals surface area (Å²) in [7, 11) is 4.97. The van der Waals surface area contributed by atoms with E-state index in [1.54, 1.807) is 27.3 Å². The Morgan fingerprint density at radius 2 is 2.07 bits per heavy atom. The lowest BCUT2D eigenvalue weighted by Crippen LogP contribution is -2.22. The Balaban J connectivity index is 3.20. The lowest BCUT2D eigenvalue weighted by atomic mass is 10.2. The smallest absolute Gasteiger partial charge is 0.257 e. The van der Waals surface area contributed by atoms with E-state index >= 15 is 0 Å². The maximum atomic E-state index is 11.7. The third-order valence-corrected chi connectivity index (χ3v) is 2.43. The molecule has 0 bridgehead atoms. The number of carbonyl (C=O) groups is 1. The second kappa shape index (κ2) is 4.46. The summed E-state index contributed by atoms with van der Waals surface area (Å²) in [6.45, 7) is 0. The fourth-order valence-electron chi connectivity index (χ4n) is 1.13. The third kappa shape index (κ3) is 2.07. The molecule has 1 rings (SSSR count). The summed E-state index contributed by atoms with van der Waals surface area (Å²) in [6.07, 6.45) is 0. The van der Waals surface area contributed by atoms with Crippen LogP contribution in [0, 0.1) is 0 Å². The molecule has 0 atom stereocenters. The van der Waals surface area contributed by atoms with Gasteiger partial charge in [0, 0.05) is 14.1 Å². The molecule has 0 aliphatic carbocycles. The van der Waals surface area contributed by atoms with Crippen molar-refractivity contribution in [2.24, 2.45) is 0 Å². The van der Waals surface area contributed by atoms with Crippen molar-refractivity contribution in [3.63, 3.8) is 0 Å². The van der Waals surface area contributed by atoms with Crippen molar-refractivity contribution < 1.29 is 9.53 Å². The highest BCUT2D eigenvalue weighted by molar-refractivity contribution is 9.10. The predicted octanol–water partition coefficient (Wildman–Crippen LogP) is 2.16. The molecular formula is C10H12BrNO2. The van der Waals surface area contributed by atoms with Crippen molar-refractivity contribution in [1.82, 2.24) is 4.90 Å². The molecule has 0 aliphatic rings. The van der Waals surface area contributed by atoms with Crippen LogP contribution in [0.1, 0.15) is 10.4 Å². The second-order valence-electron chi connectivity index (χ2n) is 3.02. The monoisotopic (exact) mass is 257 g/mol. The Hall–Kier alpha value is -1.03. The average Bonchev–Trinajstić information content (AvgIpc) is 2.16. The van der Waals surface area contributed by atoms with Gasteiger partial charge in [-0.15, -0.1) is 0 Å². The zero-order chi connectivity index (χ0) is 10.7. The van der Waals surface area contributed by atoms with E-state index in [4.69, 9.17) is 4.74 Å². The van der Waals surface area contributed by atoms with Gasteiger partial charge in [-0.25, -0.2) is 0 Å². The maximum Gasteiger partial charge on any atom is 0.257 e. The van der Waals surface area contributed by atoms with Crippen molar-refractivity contribution in [2.75, 3.05) is 21.2 Å². The molecule has 1 amide bonds. The third-order valence-electron chi connectivity index (χ3n) is 1.81. The first-order chi connectivity index (χ1) is 6.57. The molecule has 0 aliphatic heterocycles. The number of ether oxygens (including phenoxy) is 1. The van der Waals surface area contributed by atoms with Crippen molar-refractivity contribution in [1.29, 1.82) is 0 Å². The molecule has 4 heteroatoms. The van der Waals surface area contributed by atoms with Crippen LogP contribution in [0.25, 0.3) is 0 Å². The van der Waals surface area contributed by atoms with Gasteiger partial charge in [-0.05, 0) is 28.1 Å². The van der Waals surface area contributed by atoms with E-state index in [0.29, 0.717) is 11.3 Å². The molecule has 1 aromatic rings. The molecule has 3 nitrogen and oxygen atoms in total. The highest BCUT2D eigenvalue weighted by Gasteiger charge is 2.15. The van der Waals surface area contributed by atoms with Gasteiger partial charge < -0.3 is 9.64 Å².